The van der Waals surface area contributed by atoms with E-state index in [4.69, 9.17) is 11.6 Å². The molecule has 6 heteroatoms. The van der Waals surface area contributed by atoms with Gasteiger partial charge in [0.05, 0.1) is 6.04 Å². The van der Waals surface area contributed by atoms with Gasteiger partial charge in [0.15, 0.2) is 0 Å². The number of aromatic nitrogens is 3. The van der Waals surface area contributed by atoms with Crippen LogP contribution in [0.15, 0.2) is 5.38 Å². The third kappa shape index (κ3) is 3.71. The SMILES string of the molecule is Cc1csc(C(C)Nc2nc(C(C)(C)C)nc(Cl)c2C)n1. The molecule has 21 heavy (non-hydrogen) atoms. The molecule has 0 aromatic carbocycles. The molecule has 0 saturated carbocycles. The minimum absolute atomic E-state index is 0.0844. The van der Waals surface area contributed by atoms with Gasteiger partial charge < -0.3 is 5.32 Å². The summed E-state index contributed by atoms with van der Waals surface area (Å²) in [4.78, 5) is 13.5. The van der Waals surface area contributed by atoms with Gasteiger partial charge in [0.1, 0.15) is 21.8 Å². The Labute approximate surface area is 135 Å². The van der Waals surface area contributed by atoms with Crippen molar-refractivity contribution in [2.45, 2.75) is 53.0 Å². The number of hydrogen-bond acceptors (Lipinski definition) is 5. The van der Waals surface area contributed by atoms with Crippen LogP contribution >= 0.6 is 22.9 Å². The van der Waals surface area contributed by atoms with E-state index in [9.17, 15) is 0 Å². The molecule has 0 bridgehead atoms. The van der Waals surface area contributed by atoms with Gasteiger partial charge in [-0.25, -0.2) is 15.0 Å². The lowest BCUT2D eigenvalue weighted by Gasteiger charge is -2.21. The smallest absolute Gasteiger partial charge is 0.137 e. The monoisotopic (exact) mass is 324 g/mol. The molecule has 2 aromatic rings. The van der Waals surface area contributed by atoms with Crippen LogP contribution in [0.25, 0.3) is 0 Å². The summed E-state index contributed by atoms with van der Waals surface area (Å²) in [6, 6.07) is 0.0844. The van der Waals surface area contributed by atoms with E-state index in [1.54, 1.807) is 11.3 Å². The molecule has 0 aliphatic carbocycles. The molecule has 4 nitrogen and oxygen atoms in total. The minimum Gasteiger partial charge on any atom is -0.361 e. The van der Waals surface area contributed by atoms with E-state index in [1.807, 2.05) is 19.2 Å². The number of aryl methyl sites for hydroxylation is 1. The summed E-state index contributed by atoms with van der Waals surface area (Å²) in [7, 11) is 0. The van der Waals surface area contributed by atoms with Gasteiger partial charge in [-0.3, -0.25) is 0 Å². The highest BCUT2D eigenvalue weighted by molar-refractivity contribution is 7.09. The molecule has 0 radical (unpaired) electrons. The second kappa shape index (κ2) is 5.89. The average Bonchev–Trinajstić information content (AvgIpc) is 2.80. The maximum atomic E-state index is 6.25. The van der Waals surface area contributed by atoms with Crippen molar-refractivity contribution < 1.29 is 0 Å². The number of nitrogens with one attached hydrogen (secondary N) is 1. The highest BCUT2D eigenvalue weighted by Gasteiger charge is 2.21. The summed E-state index contributed by atoms with van der Waals surface area (Å²) in [5, 5.41) is 7.00. The van der Waals surface area contributed by atoms with E-state index >= 15 is 0 Å². The van der Waals surface area contributed by atoms with E-state index in [1.165, 1.54) is 0 Å². The molecule has 1 unspecified atom stereocenters. The average molecular weight is 325 g/mol. The van der Waals surface area contributed by atoms with Crippen molar-refractivity contribution in [1.82, 2.24) is 15.0 Å². The van der Waals surface area contributed by atoms with E-state index in [0.717, 1.165) is 27.9 Å². The Morgan fingerprint density at radius 2 is 1.86 bits per heavy atom. The Bertz CT molecular complexity index is 646. The van der Waals surface area contributed by atoms with Gasteiger partial charge in [0.25, 0.3) is 0 Å². The van der Waals surface area contributed by atoms with Crippen LogP contribution in [-0.2, 0) is 5.41 Å². The summed E-state index contributed by atoms with van der Waals surface area (Å²) >= 11 is 7.90. The van der Waals surface area contributed by atoms with Gasteiger partial charge in [0.2, 0.25) is 0 Å². The van der Waals surface area contributed by atoms with Crippen LogP contribution in [0.2, 0.25) is 5.15 Å². The molecular formula is C15H21ClN4S. The molecule has 0 spiro atoms. The third-order valence-electron chi connectivity index (χ3n) is 3.12. The highest BCUT2D eigenvalue weighted by Crippen LogP contribution is 2.29. The lowest BCUT2D eigenvalue weighted by molar-refractivity contribution is 0.545. The first kappa shape index (κ1) is 16.2. The molecule has 0 amide bonds. The summed E-state index contributed by atoms with van der Waals surface area (Å²) < 4.78 is 0. The zero-order valence-electron chi connectivity index (χ0n) is 13.3. The number of nitrogens with zero attached hydrogens (tertiary/aromatic N) is 3. The van der Waals surface area contributed by atoms with Gasteiger partial charge in [-0.15, -0.1) is 11.3 Å². The topological polar surface area (TPSA) is 50.7 Å². The van der Waals surface area contributed by atoms with Crippen molar-refractivity contribution in [2.75, 3.05) is 5.32 Å². The maximum Gasteiger partial charge on any atom is 0.137 e. The predicted octanol–water partition coefficient (Wildman–Crippen LogP) is 4.67. The van der Waals surface area contributed by atoms with Gasteiger partial charge in [0, 0.05) is 22.1 Å². The quantitative estimate of drug-likeness (QED) is 0.833. The van der Waals surface area contributed by atoms with Gasteiger partial charge in [-0.2, -0.15) is 0 Å². The third-order valence-corrected chi connectivity index (χ3v) is 4.63. The molecule has 1 atom stereocenters. The Kier molecular flexibility index (Phi) is 4.54. The first-order valence-corrected chi connectivity index (χ1v) is 8.17. The largest absolute Gasteiger partial charge is 0.361 e. The fourth-order valence-corrected chi connectivity index (χ4v) is 2.78. The number of rotatable bonds is 3. The van der Waals surface area contributed by atoms with Crippen LogP contribution in [0.1, 0.15) is 55.8 Å². The van der Waals surface area contributed by atoms with Crippen LogP contribution in [0.5, 0.6) is 0 Å². The van der Waals surface area contributed by atoms with E-state index in [-0.39, 0.29) is 11.5 Å². The molecule has 2 aromatic heterocycles. The van der Waals surface area contributed by atoms with Crippen molar-refractivity contribution >= 4 is 28.8 Å². The lowest BCUT2D eigenvalue weighted by Crippen LogP contribution is -2.19. The Morgan fingerprint density at radius 1 is 1.19 bits per heavy atom. The zero-order valence-corrected chi connectivity index (χ0v) is 14.9. The number of hydrogen-bond donors (Lipinski definition) is 1. The molecule has 0 aliphatic rings. The highest BCUT2D eigenvalue weighted by atomic mass is 35.5. The normalized spacial score (nSPS) is 13.3. The lowest BCUT2D eigenvalue weighted by atomic mass is 9.95. The van der Waals surface area contributed by atoms with E-state index in [0.29, 0.717) is 5.15 Å². The summed E-state index contributed by atoms with van der Waals surface area (Å²) in [5.74, 6) is 1.52. The summed E-state index contributed by atoms with van der Waals surface area (Å²) in [6.07, 6.45) is 0. The van der Waals surface area contributed by atoms with E-state index in [2.05, 4.69) is 48.0 Å². The fraction of sp³-hybridized carbons (Fsp3) is 0.533. The summed E-state index contributed by atoms with van der Waals surface area (Å²) in [5.41, 5.74) is 1.76. The first-order chi connectivity index (χ1) is 9.68. The van der Waals surface area contributed by atoms with Crippen molar-refractivity contribution in [2.24, 2.45) is 0 Å². The van der Waals surface area contributed by atoms with Crippen molar-refractivity contribution in [3.8, 4) is 0 Å². The fourth-order valence-electron chi connectivity index (χ4n) is 1.80. The Morgan fingerprint density at radius 3 is 2.38 bits per heavy atom. The molecule has 2 heterocycles. The Balaban J connectivity index is 2.33. The second-order valence-corrected chi connectivity index (χ2v) is 7.50. The summed E-state index contributed by atoms with van der Waals surface area (Å²) in [6.45, 7) is 12.2. The van der Waals surface area contributed by atoms with Gasteiger partial charge >= 0.3 is 0 Å². The number of thiazole rings is 1. The van der Waals surface area contributed by atoms with Crippen molar-refractivity contribution in [3.63, 3.8) is 0 Å². The van der Waals surface area contributed by atoms with Gasteiger partial charge in [-0.05, 0) is 20.8 Å². The minimum atomic E-state index is -0.144. The van der Waals surface area contributed by atoms with Crippen molar-refractivity contribution in [3.05, 3.63) is 32.6 Å². The standard InChI is InChI=1S/C15H21ClN4S/c1-8-7-21-13(17-8)10(3)18-12-9(2)11(16)19-14(20-12)15(4,5)6/h7,10H,1-6H3,(H,18,19,20). The van der Waals surface area contributed by atoms with Gasteiger partial charge in [-0.1, -0.05) is 32.4 Å². The Hall–Kier alpha value is -1.20. The zero-order chi connectivity index (χ0) is 15.8. The van der Waals surface area contributed by atoms with Crippen LogP contribution in [0, 0.1) is 13.8 Å². The molecule has 0 aliphatic heterocycles. The molecular weight excluding hydrogens is 304 g/mol. The predicted molar refractivity (Wildman–Crippen MR) is 89.4 cm³/mol. The van der Waals surface area contributed by atoms with Crippen LogP contribution in [0.4, 0.5) is 5.82 Å². The second-order valence-electron chi connectivity index (χ2n) is 6.25. The molecule has 1 N–H and O–H groups in total. The molecule has 0 fully saturated rings. The molecule has 0 saturated heterocycles. The van der Waals surface area contributed by atoms with E-state index < -0.39 is 0 Å². The van der Waals surface area contributed by atoms with Crippen LogP contribution < -0.4 is 5.32 Å². The first-order valence-electron chi connectivity index (χ1n) is 6.91. The van der Waals surface area contributed by atoms with Crippen LogP contribution in [0.3, 0.4) is 0 Å². The van der Waals surface area contributed by atoms with Crippen LogP contribution in [-0.4, -0.2) is 15.0 Å². The molecule has 2 rings (SSSR count). The number of anilines is 1. The number of halogens is 1. The maximum absolute atomic E-state index is 6.25. The molecule has 114 valence electrons. The van der Waals surface area contributed by atoms with Crippen molar-refractivity contribution in [1.29, 1.82) is 0 Å².